The number of nitrogens with zero attached hydrogens (tertiary/aromatic N) is 1. The number of ether oxygens (including phenoxy) is 3. The van der Waals surface area contributed by atoms with Gasteiger partial charge in [0, 0.05) is 21.2 Å². The first-order chi connectivity index (χ1) is 19.5. The van der Waals surface area contributed by atoms with E-state index in [4.69, 9.17) is 14.2 Å². The van der Waals surface area contributed by atoms with E-state index >= 15 is 0 Å². The van der Waals surface area contributed by atoms with Crippen molar-refractivity contribution >= 4 is 25.7 Å². The number of rotatable bonds is 15. The van der Waals surface area contributed by atoms with E-state index in [0.717, 1.165) is 36.4 Å². The molecule has 1 aliphatic heterocycles. The van der Waals surface area contributed by atoms with Gasteiger partial charge in [-0.15, -0.1) is 0 Å². The number of aryl methyl sites for hydroxylation is 1. The molecule has 3 rings (SSSR count). The molecule has 0 aliphatic carbocycles. The number of likely N-dealkylation sites (tertiary alicyclic amines) is 1. The van der Waals surface area contributed by atoms with Crippen LogP contribution in [0.5, 0.6) is 0 Å². The molecule has 2 aromatic carbocycles. The van der Waals surface area contributed by atoms with Crippen molar-refractivity contribution in [1.29, 1.82) is 0 Å². The molecule has 7 nitrogen and oxygen atoms in total. The lowest BCUT2D eigenvalue weighted by molar-refractivity contribution is -0.165. The van der Waals surface area contributed by atoms with Crippen molar-refractivity contribution in [3.8, 4) is 0 Å². The number of Topliss-reactive ketones (excluding diaryl/α,β-unsaturated/α-hetero) is 1. The molecule has 0 N–H and O–H groups in total. The third-order valence-corrected chi connectivity index (χ3v) is 9.14. The maximum absolute atomic E-state index is 13.6. The van der Waals surface area contributed by atoms with E-state index in [9.17, 15) is 14.4 Å². The highest BCUT2D eigenvalue weighted by Gasteiger charge is 2.42. The van der Waals surface area contributed by atoms with E-state index in [2.05, 4.69) is 31.8 Å². The number of amides is 1. The van der Waals surface area contributed by atoms with Gasteiger partial charge in [0.1, 0.15) is 18.9 Å². The number of esters is 1. The number of ketones is 1. The molecule has 0 aromatic heterocycles. The van der Waals surface area contributed by atoms with Crippen molar-refractivity contribution in [2.24, 2.45) is 5.41 Å². The first-order valence-electron chi connectivity index (χ1n) is 14.8. The summed E-state index contributed by atoms with van der Waals surface area (Å²) in [6.45, 7) is 11.3. The zero-order chi connectivity index (χ0) is 29.9. The van der Waals surface area contributed by atoms with E-state index in [-0.39, 0.29) is 13.4 Å². The summed E-state index contributed by atoms with van der Waals surface area (Å²) in [7, 11) is -1.20. The quantitative estimate of drug-likeness (QED) is 0.0818. The first kappa shape index (κ1) is 32.7. The summed E-state index contributed by atoms with van der Waals surface area (Å²) in [6.07, 6.45) is 2.91. The zero-order valence-corrected chi connectivity index (χ0v) is 26.4. The van der Waals surface area contributed by atoms with Crippen LogP contribution in [0.15, 0.2) is 60.7 Å². The van der Waals surface area contributed by atoms with E-state index in [0.29, 0.717) is 26.0 Å². The van der Waals surface area contributed by atoms with Gasteiger partial charge in [-0.25, -0.2) is 4.79 Å². The third-order valence-electron chi connectivity index (χ3n) is 7.44. The van der Waals surface area contributed by atoms with Crippen LogP contribution in [0.25, 0.3) is 0 Å². The van der Waals surface area contributed by atoms with E-state index in [1.54, 1.807) is 13.8 Å². The normalized spacial score (nSPS) is 16.7. The second kappa shape index (κ2) is 15.4. The summed E-state index contributed by atoms with van der Waals surface area (Å²) in [6, 6.07) is 20.0. The highest BCUT2D eigenvalue weighted by Crippen LogP contribution is 2.28. The van der Waals surface area contributed by atoms with Gasteiger partial charge in [0.05, 0.1) is 12.0 Å². The standard InChI is InChI=1S/C33H47NO6Si/c1-33(2,24-39-25-38-22-23-41(3,4)5)30(35)31(36)34-21-13-12-18-28(34)32(37)40-29(27-16-10-7-11-17-27)20-19-26-14-8-6-9-15-26/h6-11,14-17,28-29H,12-13,18-25H2,1-5H3/t28?,29-/m1/s1. The number of hydrogen-bond donors (Lipinski definition) is 0. The van der Waals surface area contributed by atoms with Crippen molar-refractivity contribution < 1.29 is 28.6 Å². The maximum Gasteiger partial charge on any atom is 0.329 e. The van der Waals surface area contributed by atoms with Crippen molar-refractivity contribution in [2.75, 3.05) is 26.6 Å². The number of carbonyl (C=O) groups excluding carboxylic acids is 3. The van der Waals surface area contributed by atoms with Crippen LogP contribution in [0, 0.1) is 5.41 Å². The van der Waals surface area contributed by atoms with Crippen molar-refractivity contribution in [1.82, 2.24) is 4.90 Å². The monoisotopic (exact) mass is 581 g/mol. The molecule has 2 atom stereocenters. The zero-order valence-electron chi connectivity index (χ0n) is 25.4. The molecule has 1 unspecified atom stereocenters. The number of carbonyl (C=O) groups is 3. The van der Waals surface area contributed by atoms with Crippen LogP contribution < -0.4 is 0 Å². The Morgan fingerprint density at radius 3 is 2.27 bits per heavy atom. The lowest BCUT2D eigenvalue weighted by Crippen LogP contribution is -2.53. The average Bonchev–Trinajstić information content (AvgIpc) is 2.96. The molecule has 224 valence electrons. The largest absolute Gasteiger partial charge is 0.456 e. The minimum absolute atomic E-state index is 0.0586. The molecule has 1 saturated heterocycles. The fourth-order valence-electron chi connectivity index (χ4n) is 4.82. The fourth-order valence-corrected chi connectivity index (χ4v) is 5.58. The second-order valence-corrected chi connectivity index (χ2v) is 18.4. The smallest absolute Gasteiger partial charge is 0.329 e. The Balaban J connectivity index is 1.62. The van der Waals surface area contributed by atoms with E-state index in [1.165, 1.54) is 4.90 Å². The second-order valence-electron chi connectivity index (χ2n) is 12.8. The topological polar surface area (TPSA) is 82.1 Å². The van der Waals surface area contributed by atoms with E-state index in [1.807, 2.05) is 48.5 Å². The predicted molar refractivity (Wildman–Crippen MR) is 163 cm³/mol. The van der Waals surface area contributed by atoms with Gasteiger partial charge in [-0.2, -0.15) is 0 Å². The van der Waals surface area contributed by atoms with Gasteiger partial charge in [0.25, 0.3) is 5.91 Å². The van der Waals surface area contributed by atoms with Crippen LogP contribution in [-0.2, 0) is 35.0 Å². The molecule has 0 bridgehead atoms. The lowest BCUT2D eigenvalue weighted by atomic mass is 9.87. The Labute approximate surface area is 246 Å². The van der Waals surface area contributed by atoms with Crippen molar-refractivity contribution in [3.05, 3.63) is 71.8 Å². The van der Waals surface area contributed by atoms with Gasteiger partial charge < -0.3 is 19.1 Å². The molecular weight excluding hydrogens is 534 g/mol. The summed E-state index contributed by atoms with van der Waals surface area (Å²) in [5.41, 5.74) is 1.02. The Morgan fingerprint density at radius 2 is 1.61 bits per heavy atom. The van der Waals surface area contributed by atoms with Crippen LogP contribution in [-0.4, -0.2) is 63.2 Å². The van der Waals surface area contributed by atoms with Gasteiger partial charge in [-0.3, -0.25) is 9.59 Å². The molecule has 2 aromatic rings. The maximum atomic E-state index is 13.6. The molecule has 1 aliphatic rings. The molecule has 8 heteroatoms. The summed E-state index contributed by atoms with van der Waals surface area (Å²) in [4.78, 5) is 41.8. The number of benzene rings is 2. The van der Waals surface area contributed by atoms with E-state index < -0.39 is 43.3 Å². The fraction of sp³-hybridized carbons (Fsp3) is 0.545. The molecule has 0 saturated carbocycles. The van der Waals surface area contributed by atoms with Gasteiger partial charge >= 0.3 is 5.97 Å². The molecule has 1 fully saturated rings. The Hall–Kier alpha value is -2.81. The first-order valence-corrected chi connectivity index (χ1v) is 18.5. The van der Waals surface area contributed by atoms with Crippen LogP contribution in [0.3, 0.4) is 0 Å². The Kier molecular flexibility index (Phi) is 12.3. The van der Waals surface area contributed by atoms with Gasteiger partial charge in [0.2, 0.25) is 5.78 Å². The Bertz CT molecular complexity index is 1120. The molecule has 0 spiro atoms. The average molecular weight is 582 g/mol. The van der Waals surface area contributed by atoms with Crippen LogP contribution in [0.4, 0.5) is 0 Å². The molecule has 0 radical (unpaired) electrons. The van der Waals surface area contributed by atoms with Gasteiger partial charge in [-0.05, 0) is 49.3 Å². The molecule has 41 heavy (non-hydrogen) atoms. The van der Waals surface area contributed by atoms with Gasteiger partial charge in [-0.1, -0.05) is 94.2 Å². The minimum atomic E-state index is -1.20. The molecular formula is C33H47NO6Si. The molecule has 1 heterocycles. The highest BCUT2D eigenvalue weighted by molar-refractivity contribution is 6.76. The van der Waals surface area contributed by atoms with Crippen LogP contribution in [0.1, 0.15) is 56.8 Å². The summed E-state index contributed by atoms with van der Waals surface area (Å²) in [5.74, 6) is -1.68. The summed E-state index contributed by atoms with van der Waals surface area (Å²) >= 11 is 0. The summed E-state index contributed by atoms with van der Waals surface area (Å²) < 4.78 is 17.3. The van der Waals surface area contributed by atoms with Crippen molar-refractivity contribution in [2.45, 2.75) is 83.8 Å². The minimum Gasteiger partial charge on any atom is -0.456 e. The Morgan fingerprint density at radius 1 is 0.951 bits per heavy atom. The third kappa shape index (κ3) is 10.5. The van der Waals surface area contributed by atoms with Gasteiger partial charge in [0.15, 0.2) is 0 Å². The highest BCUT2D eigenvalue weighted by atomic mass is 28.3. The lowest BCUT2D eigenvalue weighted by Gasteiger charge is -2.36. The predicted octanol–water partition coefficient (Wildman–Crippen LogP) is 6.21. The van der Waals surface area contributed by atoms with Crippen LogP contribution in [0.2, 0.25) is 25.7 Å². The number of hydrogen-bond acceptors (Lipinski definition) is 6. The van der Waals surface area contributed by atoms with Crippen molar-refractivity contribution in [3.63, 3.8) is 0 Å². The van der Waals surface area contributed by atoms with Crippen LogP contribution >= 0.6 is 0 Å². The molecule has 1 amide bonds. The number of piperidine rings is 1. The SMILES string of the molecule is CC(C)(COCOCC[Si](C)(C)C)C(=O)C(=O)N1CCCCC1C(=O)O[C@H](CCc1ccccc1)c1ccccc1. The summed E-state index contributed by atoms with van der Waals surface area (Å²) in [5, 5.41) is 0.